The lowest BCUT2D eigenvalue weighted by Gasteiger charge is -2.35. The maximum atomic E-state index is 4.77. The minimum atomic E-state index is 0.514. The molecule has 0 atom stereocenters. The molecule has 0 bridgehead atoms. The molecule has 7 nitrogen and oxygen atoms in total. The van der Waals surface area contributed by atoms with E-state index in [-0.39, 0.29) is 0 Å². The molecule has 4 rings (SSSR count). The molecule has 0 aromatic carbocycles. The second-order valence-electron chi connectivity index (χ2n) is 7.09. The highest BCUT2D eigenvalue weighted by Gasteiger charge is 2.20. The Labute approximate surface area is 154 Å². The van der Waals surface area contributed by atoms with Crippen LogP contribution >= 0.6 is 0 Å². The van der Waals surface area contributed by atoms with Crippen LogP contribution in [-0.4, -0.2) is 52.2 Å². The highest BCUT2D eigenvalue weighted by molar-refractivity contribution is 5.45. The van der Waals surface area contributed by atoms with E-state index in [0.29, 0.717) is 6.04 Å². The van der Waals surface area contributed by atoms with E-state index >= 15 is 0 Å². The van der Waals surface area contributed by atoms with Gasteiger partial charge in [0.2, 0.25) is 11.9 Å². The van der Waals surface area contributed by atoms with Gasteiger partial charge in [-0.25, -0.2) is 15.0 Å². The minimum absolute atomic E-state index is 0.514. The zero-order valence-electron chi connectivity index (χ0n) is 15.2. The van der Waals surface area contributed by atoms with Crippen molar-refractivity contribution < 1.29 is 0 Å². The number of nitrogens with zero attached hydrogens (tertiary/aromatic N) is 6. The molecule has 7 heteroatoms. The number of rotatable bonds is 4. The number of piperazine rings is 1. The quantitative estimate of drug-likeness (QED) is 0.848. The van der Waals surface area contributed by atoms with E-state index in [1.807, 2.05) is 18.3 Å². The number of anilines is 3. The topological polar surface area (TPSA) is 70.1 Å². The summed E-state index contributed by atoms with van der Waals surface area (Å²) in [5.41, 5.74) is 0. The van der Waals surface area contributed by atoms with Crippen molar-refractivity contribution in [3.05, 3.63) is 30.7 Å². The molecule has 0 spiro atoms. The van der Waals surface area contributed by atoms with Gasteiger partial charge in [0.15, 0.2) is 0 Å². The molecule has 2 aliphatic rings. The second-order valence-corrected chi connectivity index (χ2v) is 7.09. The molecule has 1 saturated carbocycles. The van der Waals surface area contributed by atoms with Crippen molar-refractivity contribution in [2.75, 3.05) is 41.3 Å². The van der Waals surface area contributed by atoms with E-state index in [0.717, 1.165) is 43.9 Å². The van der Waals surface area contributed by atoms with Crippen LogP contribution in [0, 0.1) is 0 Å². The number of aromatic nitrogens is 4. The van der Waals surface area contributed by atoms with E-state index in [9.17, 15) is 0 Å². The molecule has 2 aromatic rings. The third kappa shape index (κ3) is 4.20. The molecular formula is C19H27N7. The third-order valence-corrected chi connectivity index (χ3v) is 5.27. The fourth-order valence-corrected chi connectivity index (χ4v) is 3.79. The number of hydrogen-bond acceptors (Lipinski definition) is 7. The molecule has 2 aromatic heterocycles. The van der Waals surface area contributed by atoms with Crippen molar-refractivity contribution in [1.29, 1.82) is 0 Å². The van der Waals surface area contributed by atoms with Crippen molar-refractivity contribution >= 4 is 17.7 Å². The van der Waals surface area contributed by atoms with Crippen LogP contribution in [0.25, 0.3) is 0 Å². The van der Waals surface area contributed by atoms with Crippen molar-refractivity contribution in [2.45, 2.75) is 44.6 Å². The van der Waals surface area contributed by atoms with Crippen molar-refractivity contribution in [3.63, 3.8) is 0 Å². The van der Waals surface area contributed by atoms with Crippen LogP contribution < -0.4 is 15.1 Å². The van der Waals surface area contributed by atoms with E-state index in [2.05, 4.69) is 30.1 Å². The highest BCUT2D eigenvalue weighted by Crippen LogP contribution is 2.21. The van der Waals surface area contributed by atoms with E-state index in [1.165, 1.54) is 38.5 Å². The summed E-state index contributed by atoms with van der Waals surface area (Å²) in [6.45, 7) is 3.63. The van der Waals surface area contributed by atoms with Gasteiger partial charge in [0, 0.05) is 50.8 Å². The van der Waals surface area contributed by atoms with Gasteiger partial charge in [0.05, 0.1) is 0 Å². The van der Waals surface area contributed by atoms with Crippen LogP contribution in [0.1, 0.15) is 38.5 Å². The first kappa shape index (κ1) is 17.0. The maximum absolute atomic E-state index is 4.77. The molecule has 0 amide bonds. The van der Waals surface area contributed by atoms with Crippen LogP contribution in [0.15, 0.2) is 30.7 Å². The van der Waals surface area contributed by atoms with E-state index in [4.69, 9.17) is 4.98 Å². The zero-order chi connectivity index (χ0) is 17.6. The minimum Gasteiger partial charge on any atom is -0.353 e. The molecular weight excluding hydrogens is 326 g/mol. The molecule has 0 radical (unpaired) electrons. The van der Waals surface area contributed by atoms with Gasteiger partial charge < -0.3 is 15.1 Å². The fourth-order valence-electron chi connectivity index (χ4n) is 3.79. The summed E-state index contributed by atoms with van der Waals surface area (Å²) in [4.78, 5) is 22.5. The van der Waals surface area contributed by atoms with Crippen LogP contribution in [0.5, 0.6) is 0 Å². The summed E-state index contributed by atoms with van der Waals surface area (Å²) in [6.07, 6.45) is 13.2. The maximum Gasteiger partial charge on any atom is 0.225 e. The monoisotopic (exact) mass is 353 g/mol. The zero-order valence-corrected chi connectivity index (χ0v) is 15.2. The highest BCUT2D eigenvalue weighted by atomic mass is 15.3. The average Bonchev–Trinajstić information content (AvgIpc) is 2.98. The van der Waals surface area contributed by atoms with Gasteiger partial charge in [-0.1, -0.05) is 25.7 Å². The Balaban J connectivity index is 1.36. The Kier molecular flexibility index (Phi) is 5.42. The predicted octanol–water partition coefficient (Wildman–Crippen LogP) is 2.73. The third-order valence-electron chi connectivity index (χ3n) is 5.27. The predicted molar refractivity (Wildman–Crippen MR) is 104 cm³/mol. The largest absolute Gasteiger partial charge is 0.353 e. The first-order valence-electron chi connectivity index (χ1n) is 9.75. The summed E-state index contributed by atoms with van der Waals surface area (Å²) < 4.78 is 0. The summed E-state index contributed by atoms with van der Waals surface area (Å²) in [5.74, 6) is 2.58. The molecule has 26 heavy (non-hydrogen) atoms. The molecule has 3 heterocycles. The molecule has 0 unspecified atom stereocenters. The Morgan fingerprint density at radius 1 is 0.808 bits per heavy atom. The summed E-state index contributed by atoms with van der Waals surface area (Å²) in [5, 5.41) is 3.56. The van der Waals surface area contributed by atoms with Crippen LogP contribution in [0.4, 0.5) is 17.7 Å². The van der Waals surface area contributed by atoms with E-state index in [1.54, 1.807) is 12.4 Å². The summed E-state index contributed by atoms with van der Waals surface area (Å²) in [7, 11) is 0. The van der Waals surface area contributed by atoms with Crippen LogP contribution in [0.3, 0.4) is 0 Å². The van der Waals surface area contributed by atoms with Gasteiger partial charge in [-0.3, -0.25) is 0 Å². The van der Waals surface area contributed by atoms with Gasteiger partial charge in [0.25, 0.3) is 0 Å². The molecule has 1 saturated heterocycles. The van der Waals surface area contributed by atoms with Gasteiger partial charge >= 0.3 is 0 Å². The van der Waals surface area contributed by atoms with Gasteiger partial charge in [-0.05, 0) is 25.0 Å². The lowest BCUT2D eigenvalue weighted by atomic mass is 10.1. The van der Waals surface area contributed by atoms with Crippen molar-refractivity contribution in [2.24, 2.45) is 0 Å². The SMILES string of the molecule is c1cnc(N2CCN(c3ccnc(NC4CCCCCC4)n3)CC2)nc1. The number of nitrogens with one attached hydrogen (secondary N) is 1. The van der Waals surface area contributed by atoms with Crippen molar-refractivity contribution in [3.8, 4) is 0 Å². The lowest BCUT2D eigenvalue weighted by Crippen LogP contribution is -2.47. The first-order valence-corrected chi connectivity index (χ1v) is 9.75. The number of hydrogen-bond donors (Lipinski definition) is 1. The van der Waals surface area contributed by atoms with Gasteiger partial charge in [-0.15, -0.1) is 0 Å². The normalized spacial score (nSPS) is 19.2. The smallest absolute Gasteiger partial charge is 0.225 e. The Morgan fingerprint density at radius 3 is 2.23 bits per heavy atom. The molecule has 2 fully saturated rings. The van der Waals surface area contributed by atoms with E-state index < -0.39 is 0 Å². The van der Waals surface area contributed by atoms with Gasteiger partial charge in [0.1, 0.15) is 5.82 Å². The Bertz CT molecular complexity index is 677. The van der Waals surface area contributed by atoms with Crippen LogP contribution in [-0.2, 0) is 0 Å². The standard InChI is InChI=1S/C19H27N7/c1-2-4-7-16(6-3-1)23-18-20-11-8-17(24-18)25-12-14-26(15-13-25)19-21-9-5-10-22-19/h5,8-11,16H,1-4,6-7,12-15H2,(H,20,23,24). The molecule has 1 N–H and O–H groups in total. The summed E-state index contributed by atoms with van der Waals surface area (Å²) >= 11 is 0. The average molecular weight is 353 g/mol. The Morgan fingerprint density at radius 2 is 1.50 bits per heavy atom. The summed E-state index contributed by atoms with van der Waals surface area (Å²) in [6, 6.07) is 4.37. The van der Waals surface area contributed by atoms with Crippen molar-refractivity contribution in [1.82, 2.24) is 19.9 Å². The van der Waals surface area contributed by atoms with Crippen LogP contribution in [0.2, 0.25) is 0 Å². The second kappa shape index (κ2) is 8.29. The molecule has 1 aliphatic heterocycles. The molecule has 138 valence electrons. The fraction of sp³-hybridized carbons (Fsp3) is 0.579. The Hall–Kier alpha value is -2.44. The first-order chi connectivity index (χ1) is 12.9. The molecule has 1 aliphatic carbocycles. The van der Waals surface area contributed by atoms with Gasteiger partial charge in [-0.2, -0.15) is 4.98 Å². The lowest BCUT2D eigenvalue weighted by molar-refractivity contribution is 0.612.